The minimum atomic E-state index is -0.355. The minimum Gasteiger partial charge on any atom is -0.351 e. The Labute approximate surface area is 180 Å². The van der Waals surface area contributed by atoms with E-state index in [1.54, 1.807) is 6.92 Å². The van der Waals surface area contributed by atoms with Crippen molar-refractivity contribution in [3.8, 4) is 0 Å². The lowest BCUT2D eigenvalue weighted by Gasteiger charge is -2.40. The number of Topliss-reactive ketones (excluding diaryl/α,β-unsaturated/α-hetero) is 1. The van der Waals surface area contributed by atoms with Crippen LogP contribution < -0.4 is 5.32 Å². The van der Waals surface area contributed by atoms with Crippen LogP contribution in [0.15, 0.2) is 54.6 Å². The molecule has 0 aromatic heterocycles. The summed E-state index contributed by atoms with van der Waals surface area (Å²) in [6.07, 6.45) is 1.69. The third kappa shape index (κ3) is 5.35. The highest BCUT2D eigenvalue weighted by atomic mass is 16.1. The molecule has 0 saturated carbocycles. The van der Waals surface area contributed by atoms with Crippen LogP contribution in [0, 0.1) is 0 Å². The van der Waals surface area contributed by atoms with Crippen molar-refractivity contribution in [1.82, 2.24) is 15.1 Å². The summed E-state index contributed by atoms with van der Waals surface area (Å²) in [7, 11) is 3.98. The second-order valence-electron chi connectivity index (χ2n) is 8.54. The number of hydrogen-bond donors (Lipinski definition) is 1. The summed E-state index contributed by atoms with van der Waals surface area (Å²) in [4.78, 5) is 29.2. The van der Waals surface area contributed by atoms with E-state index in [0.29, 0.717) is 12.1 Å². The summed E-state index contributed by atoms with van der Waals surface area (Å²) in [6, 6.07) is 18.1. The molecule has 1 heterocycles. The fourth-order valence-electron chi connectivity index (χ4n) is 4.21. The van der Waals surface area contributed by atoms with Gasteiger partial charge < -0.3 is 10.2 Å². The molecule has 0 radical (unpaired) electrons. The van der Waals surface area contributed by atoms with Gasteiger partial charge in [-0.1, -0.05) is 42.5 Å². The largest absolute Gasteiger partial charge is 0.351 e. The molecule has 5 nitrogen and oxygen atoms in total. The van der Waals surface area contributed by atoms with Crippen molar-refractivity contribution in [1.29, 1.82) is 0 Å². The van der Waals surface area contributed by atoms with Crippen LogP contribution in [0.1, 0.15) is 41.3 Å². The van der Waals surface area contributed by atoms with Gasteiger partial charge in [-0.05, 0) is 70.2 Å². The molecule has 1 fully saturated rings. The number of carbonyl (C=O) groups is 2. The van der Waals surface area contributed by atoms with Crippen LogP contribution in [-0.2, 0) is 16.8 Å². The van der Waals surface area contributed by atoms with Crippen LogP contribution in [0.4, 0.5) is 0 Å². The van der Waals surface area contributed by atoms with Crippen molar-refractivity contribution in [3.63, 3.8) is 0 Å². The quantitative estimate of drug-likeness (QED) is 0.731. The molecule has 1 aliphatic heterocycles. The summed E-state index contributed by atoms with van der Waals surface area (Å²) in [5, 5.41) is 2.94. The zero-order valence-corrected chi connectivity index (χ0v) is 18.4. The molecule has 1 saturated heterocycles. The molecule has 1 N–H and O–H groups in total. The van der Waals surface area contributed by atoms with Crippen molar-refractivity contribution in [2.45, 2.75) is 31.7 Å². The first-order valence-electron chi connectivity index (χ1n) is 10.7. The molecule has 0 unspecified atom stereocenters. The molecule has 1 aliphatic rings. The van der Waals surface area contributed by atoms with E-state index in [1.807, 2.05) is 61.5 Å². The summed E-state index contributed by atoms with van der Waals surface area (Å²) in [5.41, 5.74) is 2.67. The Morgan fingerprint density at radius 1 is 1.00 bits per heavy atom. The van der Waals surface area contributed by atoms with Crippen molar-refractivity contribution in [3.05, 3.63) is 71.3 Å². The van der Waals surface area contributed by atoms with Crippen molar-refractivity contribution in [2.24, 2.45) is 0 Å². The molecule has 30 heavy (non-hydrogen) atoms. The number of amides is 1. The van der Waals surface area contributed by atoms with E-state index in [1.165, 1.54) is 5.56 Å². The predicted octanol–water partition coefficient (Wildman–Crippen LogP) is 3.10. The van der Waals surface area contributed by atoms with Gasteiger partial charge in [0.05, 0.1) is 5.41 Å². The number of ketones is 1. The van der Waals surface area contributed by atoms with Crippen LogP contribution in [0.3, 0.4) is 0 Å². The average Bonchev–Trinajstić information content (AvgIpc) is 2.75. The summed E-state index contributed by atoms with van der Waals surface area (Å²) in [5.74, 6) is 0.230. The van der Waals surface area contributed by atoms with E-state index in [2.05, 4.69) is 22.3 Å². The van der Waals surface area contributed by atoms with Crippen LogP contribution in [-0.4, -0.2) is 61.8 Å². The van der Waals surface area contributed by atoms with E-state index in [4.69, 9.17) is 0 Å². The van der Waals surface area contributed by atoms with Crippen molar-refractivity contribution in [2.75, 3.05) is 40.3 Å². The van der Waals surface area contributed by atoms with Gasteiger partial charge in [0.15, 0.2) is 0 Å². The third-order valence-corrected chi connectivity index (χ3v) is 6.18. The van der Waals surface area contributed by atoms with Crippen LogP contribution in [0.5, 0.6) is 0 Å². The van der Waals surface area contributed by atoms with Crippen molar-refractivity contribution >= 4 is 11.7 Å². The van der Waals surface area contributed by atoms with Crippen LogP contribution >= 0.6 is 0 Å². The molecule has 1 amide bonds. The van der Waals surface area contributed by atoms with Gasteiger partial charge in [0.1, 0.15) is 5.78 Å². The maximum Gasteiger partial charge on any atom is 0.251 e. The summed E-state index contributed by atoms with van der Waals surface area (Å²) in [6.45, 7) is 5.81. The highest BCUT2D eigenvalue weighted by molar-refractivity contribution is 5.94. The monoisotopic (exact) mass is 407 g/mol. The molecule has 3 rings (SSSR count). The third-order valence-electron chi connectivity index (χ3n) is 6.18. The first-order chi connectivity index (χ1) is 14.4. The maximum absolute atomic E-state index is 12.5. The second kappa shape index (κ2) is 10.0. The number of benzene rings is 2. The normalized spacial score (nSPS) is 16.4. The Morgan fingerprint density at radius 3 is 2.20 bits per heavy atom. The van der Waals surface area contributed by atoms with Crippen LogP contribution in [0.2, 0.25) is 0 Å². The zero-order chi connectivity index (χ0) is 21.6. The van der Waals surface area contributed by atoms with Gasteiger partial charge in [-0.15, -0.1) is 0 Å². The molecular formula is C25H33N3O2. The fourth-order valence-corrected chi connectivity index (χ4v) is 4.21. The lowest BCUT2D eigenvalue weighted by atomic mass is 9.70. The first kappa shape index (κ1) is 22.2. The fraction of sp³-hybridized carbons (Fsp3) is 0.440. The van der Waals surface area contributed by atoms with E-state index in [0.717, 1.165) is 44.6 Å². The Kier molecular flexibility index (Phi) is 7.40. The van der Waals surface area contributed by atoms with Gasteiger partial charge >= 0.3 is 0 Å². The van der Waals surface area contributed by atoms with E-state index in [9.17, 15) is 9.59 Å². The number of nitrogens with zero attached hydrogens (tertiary/aromatic N) is 2. The highest BCUT2D eigenvalue weighted by Gasteiger charge is 2.40. The standard InChI is InChI=1S/C25H33N3O2/c1-20(29)25(23-7-5-4-6-8-23)13-16-28(17-14-25)19-21-9-11-22(12-10-21)24(30)26-15-18-27(2)3/h4-12H,13-19H2,1-3H3,(H,26,30). The Bertz CT molecular complexity index is 838. The molecule has 0 spiro atoms. The molecule has 2 aromatic rings. The molecule has 5 heteroatoms. The van der Waals surface area contributed by atoms with Gasteiger partial charge in [0, 0.05) is 25.2 Å². The van der Waals surface area contributed by atoms with E-state index >= 15 is 0 Å². The second-order valence-corrected chi connectivity index (χ2v) is 8.54. The number of likely N-dealkylation sites (tertiary alicyclic amines) is 1. The minimum absolute atomic E-state index is 0.0320. The number of hydrogen-bond acceptors (Lipinski definition) is 4. The van der Waals surface area contributed by atoms with E-state index in [-0.39, 0.29) is 17.1 Å². The van der Waals surface area contributed by atoms with Gasteiger partial charge in [-0.25, -0.2) is 0 Å². The smallest absolute Gasteiger partial charge is 0.251 e. The number of carbonyl (C=O) groups excluding carboxylic acids is 2. The number of rotatable bonds is 8. The van der Waals surface area contributed by atoms with Crippen LogP contribution in [0.25, 0.3) is 0 Å². The number of likely N-dealkylation sites (N-methyl/N-ethyl adjacent to an activating group) is 1. The topological polar surface area (TPSA) is 52.7 Å². The Morgan fingerprint density at radius 2 is 1.63 bits per heavy atom. The van der Waals surface area contributed by atoms with Crippen molar-refractivity contribution < 1.29 is 9.59 Å². The number of piperidine rings is 1. The van der Waals surface area contributed by atoms with Gasteiger partial charge in [0.2, 0.25) is 0 Å². The Balaban J connectivity index is 1.56. The highest BCUT2D eigenvalue weighted by Crippen LogP contribution is 2.36. The lowest BCUT2D eigenvalue weighted by molar-refractivity contribution is -0.124. The van der Waals surface area contributed by atoms with Gasteiger partial charge in [-0.2, -0.15) is 0 Å². The zero-order valence-electron chi connectivity index (χ0n) is 18.4. The maximum atomic E-state index is 12.5. The lowest BCUT2D eigenvalue weighted by Crippen LogP contribution is -2.46. The Hall–Kier alpha value is -2.50. The molecule has 0 aliphatic carbocycles. The molecule has 2 aromatic carbocycles. The van der Waals surface area contributed by atoms with Gasteiger partial charge in [-0.3, -0.25) is 14.5 Å². The van der Waals surface area contributed by atoms with Gasteiger partial charge in [0.25, 0.3) is 5.91 Å². The SMILES string of the molecule is CC(=O)C1(c2ccccc2)CCN(Cc2ccc(C(=O)NCCN(C)C)cc2)CC1. The number of nitrogens with one attached hydrogen (secondary N) is 1. The average molecular weight is 408 g/mol. The first-order valence-corrected chi connectivity index (χ1v) is 10.7. The summed E-state index contributed by atoms with van der Waals surface area (Å²) < 4.78 is 0. The summed E-state index contributed by atoms with van der Waals surface area (Å²) >= 11 is 0. The predicted molar refractivity (Wildman–Crippen MR) is 121 cm³/mol. The van der Waals surface area contributed by atoms with E-state index < -0.39 is 0 Å². The molecular weight excluding hydrogens is 374 g/mol. The molecule has 0 bridgehead atoms. The molecule has 0 atom stereocenters. The molecule has 160 valence electrons.